The second-order valence-corrected chi connectivity index (χ2v) is 3.05. The van der Waals surface area contributed by atoms with Crippen molar-refractivity contribution >= 4 is 0 Å². The van der Waals surface area contributed by atoms with Crippen molar-refractivity contribution in [3.05, 3.63) is 16.4 Å². The van der Waals surface area contributed by atoms with Crippen LogP contribution in [0.4, 0.5) is 0 Å². The molecule has 0 aliphatic carbocycles. The van der Waals surface area contributed by atoms with Crippen LogP contribution in [-0.4, -0.2) is 16.8 Å². The van der Waals surface area contributed by atoms with Crippen LogP contribution >= 0.6 is 0 Å². The Balaban J connectivity index is 3.20. The lowest BCUT2D eigenvalue weighted by Crippen LogP contribution is -2.26. The molecule has 0 saturated carbocycles. The lowest BCUT2D eigenvalue weighted by Gasteiger charge is -2.19. The van der Waals surface area contributed by atoms with Crippen LogP contribution in [0.3, 0.4) is 0 Å². The summed E-state index contributed by atoms with van der Waals surface area (Å²) in [5, 5.41) is 3.61. The van der Waals surface area contributed by atoms with E-state index in [-0.39, 0.29) is 0 Å². The summed E-state index contributed by atoms with van der Waals surface area (Å²) < 4.78 is 10.9. The van der Waals surface area contributed by atoms with Gasteiger partial charge in [0.15, 0.2) is 5.82 Å². The van der Waals surface area contributed by atoms with Crippen molar-refractivity contribution in [3.63, 3.8) is 0 Å². The summed E-state index contributed by atoms with van der Waals surface area (Å²) in [7, 11) is 3.15. The molecule has 1 aromatic rings. The SMILES string of the molecule is COC(C)(C)c1noc(=O)n1C. The minimum atomic E-state index is -0.596. The minimum Gasteiger partial charge on any atom is -0.371 e. The van der Waals surface area contributed by atoms with Gasteiger partial charge in [0.1, 0.15) is 5.60 Å². The van der Waals surface area contributed by atoms with E-state index in [9.17, 15) is 4.79 Å². The molecule has 0 fully saturated rings. The Labute approximate surface area is 69.9 Å². The van der Waals surface area contributed by atoms with E-state index in [0.29, 0.717) is 5.82 Å². The van der Waals surface area contributed by atoms with Crippen LogP contribution in [0.25, 0.3) is 0 Å². The molecular formula is C7H12N2O3. The van der Waals surface area contributed by atoms with Crippen LogP contribution < -0.4 is 5.76 Å². The first kappa shape index (κ1) is 8.99. The van der Waals surface area contributed by atoms with E-state index >= 15 is 0 Å². The van der Waals surface area contributed by atoms with Gasteiger partial charge in [0, 0.05) is 14.2 Å². The highest BCUT2D eigenvalue weighted by molar-refractivity contribution is 4.95. The van der Waals surface area contributed by atoms with Crippen LogP contribution in [0, 0.1) is 0 Å². The molecule has 0 aliphatic heterocycles. The average Bonchev–Trinajstić information content (AvgIpc) is 2.33. The van der Waals surface area contributed by atoms with Gasteiger partial charge in [-0.25, -0.2) is 4.79 Å². The van der Waals surface area contributed by atoms with Crippen LogP contribution in [-0.2, 0) is 17.4 Å². The summed E-state index contributed by atoms with van der Waals surface area (Å²) >= 11 is 0. The zero-order chi connectivity index (χ0) is 9.35. The van der Waals surface area contributed by atoms with E-state index in [4.69, 9.17) is 4.74 Å². The van der Waals surface area contributed by atoms with Gasteiger partial charge < -0.3 is 4.74 Å². The highest BCUT2D eigenvalue weighted by Gasteiger charge is 2.26. The molecule has 0 atom stereocenters. The van der Waals surface area contributed by atoms with Crippen LogP contribution in [0.2, 0.25) is 0 Å². The molecule has 1 rings (SSSR count). The molecule has 1 heterocycles. The molecule has 0 bridgehead atoms. The molecule has 1 aromatic heterocycles. The van der Waals surface area contributed by atoms with Gasteiger partial charge in [0.2, 0.25) is 0 Å². The number of ether oxygens (including phenoxy) is 1. The van der Waals surface area contributed by atoms with Crippen molar-refractivity contribution in [2.75, 3.05) is 7.11 Å². The zero-order valence-electron chi connectivity index (χ0n) is 7.62. The summed E-state index contributed by atoms with van der Waals surface area (Å²) in [5.41, 5.74) is -0.596. The summed E-state index contributed by atoms with van der Waals surface area (Å²) in [6.07, 6.45) is 0. The molecule has 5 nitrogen and oxygen atoms in total. The Bertz CT molecular complexity index is 324. The number of nitrogens with zero attached hydrogens (tertiary/aromatic N) is 2. The first-order chi connectivity index (χ1) is 5.49. The molecule has 68 valence electrons. The van der Waals surface area contributed by atoms with Crippen LogP contribution in [0.15, 0.2) is 9.32 Å². The Morgan fingerprint density at radius 1 is 1.58 bits per heavy atom. The van der Waals surface area contributed by atoms with Crippen molar-refractivity contribution in [1.29, 1.82) is 0 Å². The van der Waals surface area contributed by atoms with Gasteiger partial charge in [-0.1, -0.05) is 5.16 Å². The maximum absolute atomic E-state index is 10.9. The van der Waals surface area contributed by atoms with Gasteiger partial charge in [0.05, 0.1) is 0 Å². The fourth-order valence-corrected chi connectivity index (χ4v) is 0.896. The second kappa shape index (κ2) is 2.75. The summed E-state index contributed by atoms with van der Waals surface area (Å²) in [6.45, 7) is 3.62. The molecule has 0 amide bonds. The summed E-state index contributed by atoms with van der Waals surface area (Å²) in [6, 6.07) is 0. The molecule has 0 spiro atoms. The third kappa shape index (κ3) is 1.27. The number of aromatic nitrogens is 2. The topological polar surface area (TPSA) is 57.3 Å². The average molecular weight is 172 g/mol. The largest absolute Gasteiger partial charge is 0.441 e. The van der Waals surface area contributed by atoms with Crippen molar-refractivity contribution in [2.24, 2.45) is 7.05 Å². The molecular weight excluding hydrogens is 160 g/mol. The van der Waals surface area contributed by atoms with Gasteiger partial charge in [-0.05, 0) is 13.8 Å². The molecule has 0 radical (unpaired) electrons. The molecule has 0 aromatic carbocycles. The minimum absolute atomic E-state index is 0.477. The van der Waals surface area contributed by atoms with Gasteiger partial charge in [0.25, 0.3) is 0 Å². The van der Waals surface area contributed by atoms with Crippen molar-refractivity contribution in [1.82, 2.24) is 9.72 Å². The predicted molar refractivity (Wildman–Crippen MR) is 41.8 cm³/mol. The quantitative estimate of drug-likeness (QED) is 0.641. The van der Waals surface area contributed by atoms with E-state index in [2.05, 4.69) is 9.68 Å². The van der Waals surface area contributed by atoms with Gasteiger partial charge in [-0.2, -0.15) is 0 Å². The Morgan fingerprint density at radius 2 is 2.17 bits per heavy atom. The van der Waals surface area contributed by atoms with Crippen molar-refractivity contribution in [2.45, 2.75) is 19.4 Å². The number of rotatable bonds is 2. The van der Waals surface area contributed by atoms with Crippen LogP contribution in [0.1, 0.15) is 19.7 Å². The first-order valence-corrected chi connectivity index (χ1v) is 3.57. The van der Waals surface area contributed by atoms with Crippen molar-refractivity contribution < 1.29 is 9.26 Å². The van der Waals surface area contributed by atoms with Gasteiger partial charge >= 0.3 is 5.76 Å². The molecule has 0 N–H and O–H groups in total. The lowest BCUT2D eigenvalue weighted by atomic mass is 10.1. The zero-order valence-corrected chi connectivity index (χ0v) is 7.62. The fraction of sp³-hybridized carbons (Fsp3) is 0.714. The fourth-order valence-electron chi connectivity index (χ4n) is 0.896. The standard InChI is InChI=1S/C7H12N2O3/c1-7(2,11-4)5-8-12-6(10)9(5)3/h1-4H3. The Kier molecular flexibility index (Phi) is 2.06. The van der Waals surface area contributed by atoms with Crippen LogP contribution in [0.5, 0.6) is 0 Å². The summed E-state index contributed by atoms with van der Waals surface area (Å²) in [5.74, 6) is 0.00475. The van der Waals surface area contributed by atoms with E-state index < -0.39 is 11.4 Å². The number of hydrogen-bond donors (Lipinski definition) is 0. The molecule has 5 heteroatoms. The first-order valence-electron chi connectivity index (χ1n) is 3.57. The monoisotopic (exact) mass is 172 g/mol. The van der Waals surface area contributed by atoms with E-state index in [0.717, 1.165) is 0 Å². The predicted octanol–water partition coefficient (Wildman–Crippen LogP) is 0.255. The molecule has 0 unspecified atom stereocenters. The Hall–Kier alpha value is -1.10. The van der Waals surface area contributed by atoms with E-state index in [1.54, 1.807) is 14.2 Å². The highest BCUT2D eigenvalue weighted by Crippen LogP contribution is 2.19. The van der Waals surface area contributed by atoms with E-state index in [1.807, 2.05) is 13.8 Å². The lowest BCUT2D eigenvalue weighted by molar-refractivity contribution is 0.00719. The second-order valence-electron chi connectivity index (χ2n) is 3.05. The number of methoxy groups -OCH3 is 1. The maximum Gasteiger partial charge on any atom is 0.441 e. The van der Waals surface area contributed by atoms with Gasteiger partial charge in [-0.15, -0.1) is 0 Å². The van der Waals surface area contributed by atoms with Crippen molar-refractivity contribution in [3.8, 4) is 0 Å². The normalized spacial score (nSPS) is 12.0. The molecule has 0 saturated heterocycles. The highest BCUT2D eigenvalue weighted by atomic mass is 16.5. The Morgan fingerprint density at radius 3 is 2.50 bits per heavy atom. The third-order valence-electron chi connectivity index (χ3n) is 1.85. The molecule has 12 heavy (non-hydrogen) atoms. The summed E-state index contributed by atoms with van der Waals surface area (Å²) in [4.78, 5) is 10.9. The van der Waals surface area contributed by atoms with E-state index in [1.165, 1.54) is 4.57 Å². The molecule has 0 aliphatic rings. The smallest absolute Gasteiger partial charge is 0.371 e. The third-order valence-corrected chi connectivity index (χ3v) is 1.85. The van der Waals surface area contributed by atoms with Gasteiger partial charge in [-0.3, -0.25) is 9.09 Å². The number of hydrogen-bond acceptors (Lipinski definition) is 4. The maximum atomic E-state index is 10.9.